The molecule has 0 saturated heterocycles. The number of pyridine rings is 4. The van der Waals surface area contributed by atoms with E-state index >= 15 is 0 Å². The van der Waals surface area contributed by atoms with E-state index in [4.69, 9.17) is 0 Å². The molecule has 4 aromatic heterocycles. The number of aryl methyl sites for hydroxylation is 16. The van der Waals surface area contributed by atoms with Crippen molar-refractivity contribution < 1.29 is 18.3 Å². The molecule has 0 atom stereocenters. The first-order valence-corrected chi connectivity index (χ1v) is 49.6. The van der Waals surface area contributed by atoms with Gasteiger partial charge in [0.1, 0.15) is 28.2 Å². The van der Waals surface area contributed by atoms with Gasteiger partial charge in [0.2, 0.25) is 22.8 Å². The fourth-order valence-electron chi connectivity index (χ4n) is 25.6. The Bertz CT molecular complexity index is 6290. The van der Waals surface area contributed by atoms with Gasteiger partial charge in [0.25, 0.3) is 0 Å². The van der Waals surface area contributed by atoms with E-state index in [1.54, 1.807) is 50.1 Å². The fraction of sp³-hybridized carbons (Fsp3) is 0.447. The highest BCUT2D eigenvalue weighted by Gasteiger charge is 2.42. The van der Waals surface area contributed by atoms with Crippen molar-refractivity contribution in [1.29, 1.82) is 0 Å². The number of aromatic nitrogens is 4. The third kappa shape index (κ3) is 17.0. The van der Waals surface area contributed by atoms with Gasteiger partial charge in [-0.1, -0.05) is 182 Å². The highest BCUT2D eigenvalue weighted by atomic mass is 14.9. The van der Waals surface area contributed by atoms with Crippen LogP contribution < -0.4 is 18.3 Å². The zero-order valence-corrected chi connectivity index (χ0v) is 81.9. The Morgan fingerprint density at radius 2 is 0.606 bits per heavy atom. The second kappa shape index (κ2) is 34.7. The van der Waals surface area contributed by atoms with Crippen molar-refractivity contribution in [3.05, 3.63) is 304 Å². The second-order valence-corrected chi connectivity index (χ2v) is 44.6. The van der Waals surface area contributed by atoms with Crippen LogP contribution in [0.1, 0.15) is 334 Å². The standard InChI is InChI=1S/C33H40N.3C30H36N/c1-22-11-12-28-27-10-8-9-26(25-13-17-33(18-14-25)15-6-5-7-16-33)29(27)20-30(28)32(22)31-19-23(2)24(3)21-34(31)4;1-19-7-10-25-26-16-23(22-11-13-30(4,5)14-12-22)8-9-24(26)17-27(25)29(19)28-15-20(2)21(3)18-31(28)6;1-19-10-11-25-26(28(19)27-16-20(2)21(3)18-31(27)6)17-23-8-7-9-24(29(23)25)22-12-14-30(4,5)15-13-22;1-19-16-27(31(6)18-21(19)3)28-20(2)15-25(22-11-13-30(4,5)14-12-22)29-24-10-8-7-9-23(24)17-26(28)29/h8-12,19,21,25H,5-7,13-18,20H2,1-4H3;7-10,15-16,18,22H,11-14,17H2,1-6H3;7-11,16,18,22H,12-15,17H2,1-6H3;7-10,15-16,18,22H,11-14,17H2,1-6H3/q4*+1. The molecular weight excluding hydrogens is 1530 g/mol. The fourth-order valence-corrected chi connectivity index (χ4v) is 25.6. The highest BCUT2D eigenvalue weighted by molar-refractivity contribution is 5.91. The first-order chi connectivity index (χ1) is 60.7. The van der Waals surface area contributed by atoms with E-state index in [-0.39, 0.29) is 0 Å². The molecule has 1 spiro atoms. The summed E-state index contributed by atoms with van der Waals surface area (Å²) in [4.78, 5) is 0. The van der Waals surface area contributed by atoms with Gasteiger partial charge in [-0.25, -0.2) is 18.3 Å². The molecule has 0 aliphatic heterocycles. The maximum atomic E-state index is 2.55. The zero-order chi connectivity index (χ0) is 89.2. The predicted molar refractivity (Wildman–Crippen MR) is 534 cm³/mol. The van der Waals surface area contributed by atoms with Crippen LogP contribution in [0, 0.1) is 105 Å². The highest BCUT2D eigenvalue weighted by Crippen LogP contribution is 2.57. The summed E-state index contributed by atoms with van der Waals surface area (Å²) in [5.41, 5.74) is 60.5. The molecule has 0 N–H and O–H groups in total. The van der Waals surface area contributed by atoms with E-state index in [1.165, 1.54) is 308 Å². The van der Waals surface area contributed by atoms with Crippen LogP contribution in [0.3, 0.4) is 0 Å². The van der Waals surface area contributed by atoms with Crippen LogP contribution >= 0.6 is 0 Å². The van der Waals surface area contributed by atoms with Gasteiger partial charge in [0.05, 0.1) is 22.3 Å². The molecule has 656 valence electrons. The van der Waals surface area contributed by atoms with E-state index < -0.39 is 0 Å². The van der Waals surface area contributed by atoms with Gasteiger partial charge >= 0.3 is 0 Å². The molecule has 127 heavy (non-hydrogen) atoms. The quantitative estimate of drug-likeness (QED) is 0.135. The SMILES string of the molecule is Cc1cc(-c2c(C)cc(C3CCC(C)(C)CC3)c3c2Cc2ccccc2-3)[n+](C)cc1C.Cc1cc(-c2c(C)ccc3c2Cc2c-3cccc2C2CCC3(CCCCC3)CC2)[n+](C)cc1C.Cc1cc(-c2c(C)ccc3c2Cc2ccc(C4CCC(C)(C)CC4)cc2-3)[n+](C)cc1C.Cc1cc(-c2c(C)ccc3c2Cc2cccc(C4CCC(C)(C)CC4)c2-3)[n+](C)cc1C. The number of benzene rings is 8. The lowest BCUT2D eigenvalue weighted by Crippen LogP contribution is -2.32. The molecule has 4 heteroatoms. The molecule has 21 rings (SSSR count). The summed E-state index contributed by atoms with van der Waals surface area (Å²) in [5, 5.41) is 0. The van der Waals surface area contributed by atoms with Crippen molar-refractivity contribution >= 4 is 0 Å². The Kier molecular flexibility index (Phi) is 24.0. The second-order valence-electron chi connectivity index (χ2n) is 44.6. The summed E-state index contributed by atoms with van der Waals surface area (Å²) in [6.07, 6.45) is 42.5. The Balaban J connectivity index is 0.000000115. The van der Waals surface area contributed by atoms with Crippen LogP contribution in [0.25, 0.3) is 89.5 Å². The van der Waals surface area contributed by atoms with E-state index in [0.717, 1.165) is 37.5 Å². The van der Waals surface area contributed by atoms with Crippen molar-refractivity contribution in [3.63, 3.8) is 0 Å². The van der Waals surface area contributed by atoms with E-state index in [0.29, 0.717) is 33.5 Å². The molecule has 5 saturated carbocycles. The first-order valence-electron chi connectivity index (χ1n) is 49.6. The minimum atomic E-state index is 0.500. The monoisotopic (exact) mass is 1680 g/mol. The molecule has 0 amide bonds. The van der Waals surface area contributed by atoms with Crippen molar-refractivity contribution in [2.75, 3.05) is 0 Å². The molecule has 0 radical (unpaired) electrons. The maximum Gasteiger partial charge on any atom is 0.213 e. The molecule has 8 aromatic carbocycles. The third-order valence-corrected chi connectivity index (χ3v) is 34.1. The minimum Gasteiger partial charge on any atom is -0.201 e. The van der Waals surface area contributed by atoms with Gasteiger partial charge in [0, 0.05) is 46.5 Å². The van der Waals surface area contributed by atoms with Gasteiger partial charge in [-0.15, -0.1) is 0 Å². The zero-order valence-electron chi connectivity index (χ0n) is 81.9. The number of rotatable bonds is 8. The molecular formula is C123H148N4+4. The summed E-state index contributed by atoms with van der Waals surface area (Å²) in [7, 11) is 8.79. The molecule has 0 unspecified atom stereocenters. The average molecular weight is 1680 g/mol. The molecule has 9 aliphatic carbocycles. The van der Waals surface area contributed by atoms with E-state index in [2.05, 4.69) is 341 Å². The van der Waals surface area contributed by atoms with Gasteiger partial charge < -0.3 is 0 Å². The topological polar surface area (TPSA) is 15.5 Å². The van der Waals surface area contributed by atoms with Gasteiger partial charge in [-0.05, 0) is 425 Å². The Morgan fingerprint density at radius 1 is 0.236 bits per heavy atom. The van der Waals surface area contributed by atoms with E-state index in [1.807, 2.05) is 0 Å². The molecule has 0 bridgehead atoms. The third-order valence-electron chi connectivity index (χ3n) is 34.1. The Morgan fingerprint density at radius 3 is 1.12 bits per heavy atom. The summed E-state index contributed by atoms with van der Waals surface area (Å²) >= 11 is 0. The minimum absolute atomic E-state index is 0.500. The van der Waals surface area contributed by atoms with Crippen molar-refractivity contribution in [1.82, 2.24) is 0 Å². The maximum absolute atomic E-state index is 2.55. The summed E-state index contributed by atoms with van der Waals surface area (Å²) in [6, 6.07) is 57.1. The molecule has 9 aliphatic rings. The van der Waals surface area contributed by atoms with Gasteiger partial charge in [-0.2, -0.15) is 0 Å². The number of nitrogens with zero attached hydrogens (tertiary/aromatic N) is 4. The van der Waals surface area contributed by atoms with Crippen molar-refractivity contribution in [3.8, 4) is 89.5 Å². The normalized spacial score (nSPS) is 18.0. The summed E-state index contributed by atoms with van der Waals surface area (Å²) < 4.78 is 9.29. The summed E-state index contributed by atoms with van der Waals surface area (Å²) in [6.45, 7) is 41.5. The Hall–Kier alpha value is -9.64. The predicted octanol–water partition coefficient (Wildman–Crippen LogP) is 30.4. The van der Waals surface area contributed by atoms with E-state index in [9.17, 15) is 0 Å². The lowest BCUT2D eigenvalue weighted by atomic mass is 9.62. The smallest absolute Gasteiger partial charge is 0.201 e. The molecule has 4 nitrogen and oxygen atoms in total. The van der Waals surface area contributed by atoms with Crippen LogP contribution in [0.15, 0.2) is 170 Å². The van der Waals surface area contributed by atoms with Crippen LogP contribution in [-0.4, -0.2) is 0 Å². The van der Waals surface area contributed by atoms with Crippen LogP contribution in [0.2, 0.25) is 0 Å². The van der Waals surface area contributed by atoms with Gasteiger partial charge in [-0.3, -0.25) is 0 Å². The largest absolute Gasteiger partial charge is 0.213 e. The molecule has 12 aromatic rings. The van der Waals surface area contributed by atoms with Crippen molar-refractivity contribution in [2.45, 2.75) is 309 Å². The van der Waals surface area contributed by atoms with Gasteiger partial charge in [0.15, 0.2) is 24.8 Å². The molecule has 4 heterocycles. The number of hydrogen-bond donors (Lipinski definition) is 0. The van der Waals surface area contributed by atoms with Crippen molar-refractivity contribution in [2.24, 2.45) is 49.9 Å². The van der Waals surface area contributed by atoms with Crippen LogP contribution in [0.5, 0.6) is 0 Å². The number of hydrogen-bond acceptors (Lipinski definition) is 0. The molecule has 5 fully saturated rings. The van der Waals surface area contributed by atoms with Crippen LogP contribution in [0.4, 0.5) is 0 Å². The average Bonchev–Trinajstić information content (AvgIpc) is 1.61. The first kappa shape index (κ1) is 88.0. The lowest BCUT2D eigenvalue weighted by molar-refractivity contribution is -0.660. The number of fused-ring (bicyclic) bond motifs is 12. The van der Waals surface area contributed by atoms with Crippen LogP contribution in [-0.2, 0) is 53.9 Å². The Labute approximate surface area is 765 Å². The lowest BCUT2D eigenvalue weighted by Gasteiger charge is -2.43. The summed E-state index contributed by atoms with van der Waals surface area (Å²) in [5.74, 6) is 2.87.